The van der Waals surface area contributed by atoms with Gasteiger partial charge in [0.05, 0.1) is 30.8 Å². The molecule has 0 saturated heterocycles. The van der Waals surface area contributed by atoms with Gasteiger partial charge in [0, 0.05) is 0 Å². The normalized spacial score (nSPS) is 9.84. The molecule has 19 heavy (non-hydrogen) atoms. The molecule has 1 amide bonds. The second-order valence-corrected chi connectivity index (χ2v) is 8.01. The zero-order valence-corrected chi connectivity index (χ0v) is 14.2. The zero-order valence-electron chi connectivity index (χ0n) is 9.37. The molecule has 0 spiro atoms. The molecule has 0 fully saturated rings. The molecule has 0 aliphatic carbocycles. The van der Waals surface area contributed by atoms with Crippen molar-refractivity contribution < 1.29 is 4.79 Å². The van der Waals surface area contributed by atoms with Crippen LogP contribution in [0.5, 0.6) is 0 Å². The molecule has 0 aromatic carbocycles. The Labute approximate surface area is 134 Å². The Hall–Kier alpha value is -0.720. The Bertz CT molecular complexity index is 669. The summed E-state index contributed by atoms with van der Waals surface area (Å²) in [4.78, 5) is 16.9. The van der Waals surface area contributed by atoms with E-state index < -0.39 is 0 Å². The quantitative estimate of drug-likeness (QED) is 0.732. The number of carbonyl (C=O) groups is 1. The molecule has 0 aliphatic rings. The van der Waals surface area contributed by atoms with Crippen LogP contribution in [0.2, 0.25) is 0 Å². The maximum absolute atomic E-state index is 12.0. The fourth-order valence-corrected chi connectivity index (χ4v) is 4.67. The van der Waals surface area contributed by atoms with E-state index in [0.29, 0.717) is 17.2 Å². The predicted octanol–water partition coefficient (Wildman–Crippen LogP) is 3.29. The topological polar surface area (TPSA) is 68.0 Å². The average Bonchev–Trinajstić information content (AvgIpc) is 2.93. The number of amides is 1. The summed E-state index contributed by atoms with van der Waals surface area (Å²) in [6.07, 6.45) is 1.61. The molecule has 2 aromatic heterocycles. The van der Waals surface area contributed by atoms with Gasteiger partial charge in [0.25, 0.3) is 5.91 Å². The van der Waals surface area contributed by atoms with Gasteiger partial charge in [-0.3, -0.25) is 10.1 Å². The van der Waals surface area contributed by atoms with Gasteiger partial charge in [-0.2, -0.15) is 0 Å². The smallest absolute Gasteiger partial charge is 0.259 e. The molecule has 0 radical (unpaired) electrons. The monoisotopic (exact) mass is 419 g/mol. The number of thiazole rings is 1. The molecule has 3 N–H and O–H groups in total. The number of hydrogen-bond acceptors (Lipinski definition) is 5. The molecule has 0 bridgehead atoms. The number of nitrogens with zero attached hydrogens (tertiary/aromatic N) is 1. The summed E-state index contributed by atoms with van der Waals surface area (Å²) in [5.74, 6) is 5.40. The summed E-state index contributed by atoms with van der Waals surface area (Å²) < 4.78 is 1.66. The molecular weight excluding hydrogens is 414 g/mol. The van der Waals surface area contributed by atoms with Gasteiger partial charge in [0.1, 0.15) is 0 Å². The van der Waals surface area contributed by atoms with Crippen LogP contribution in [0.4, 0.5) is 5.13 Å². The van der Waals surface area contributed by atoms with Crippen molar-refractivity contribution in [2.24, 2.45) is 5.73 Å². The molecular formula is C11H7Br2N3OS2. The van der Waals surface area contributed by atoms with Crippen molar-refractivity contribution in [2.45, 2.75) is 0 Å². The maximum atomic E-state index is 12.0. The Morgan fingerprint density at radius 3 is 2.89 bits per heavy atom. The molecule has 4 nitrogen and oxygen atoms in total. The van der Waals surface area contributed by atoms with Crippen LogP contribution in [-0.4, -0.2) is 17.4 Å². The summed E-state index contributed by atoms with van der Waals surface area (Å²) >= 11 is 9.44. The van der Waals surface area contributed by atoms with Gasteiger partial charge in [-0.25, -0.2) is 4.98 Å². The number of thiophene rings is 1. The van der Waals surface area contributed by atoms with Gasteiger partial charge in [0.2, 0.25) is 0 Å². The van der Waals surface area contributed by atoms with Crippen molar-refractivity contribution in [2.75, 3.05) is 11.9 Å². The number of anilines is 1. The lowest BCUT2D eigenvalue weighted by Gasteiger charge is -1.98. The summed E-state index contributed by atoms with van der Waals surface area (Å²) in [5, 5.41) is 3.25. The third kappa shape index (κ3) is 3.87. The standard InChI is InChI=1S/C11H7Br2N3OS2/c12-8-4-7(9(13)19-8)10(17)16-11-15-5-6(18-11)2-1-3-14/h4-5H,3,14H2,(H,15,16,17). The van der Waals surface area contributed by atoms with E-state index in [9.17, 15) is 4.79 Å². The van der Waals surface area contributed by atoms with E-state index in [1.54, 1.807) is 12.3 Å². The molecule has 2 aromatic rings. The lowest BCUT2D eigenvalue weighted by atomic mass is 10.3. The lowest BCUT2D eigenvalue weighted by molar-refractivity contribution is 0.102. The lowest BCUT2D eigenvalue weighted by Crippen LogP contribution is -2.10. The van der Waals surface area contributed by atoms with Gasteiger partial charge in [0.15, 0.2) is 5.13 Å². The first-order valence-corrected chi connectivity index (χ1v) is 8.23. The first kappa shape index (κ1) is 14.7. The number of hydrogen-bond donors (Lipinski definition) is 2. The Kier molecular flexibility index (Phi) is 5.13. The minimum atomic E-state index is -0.207. The Morgan fingerprint density at radius 1 is 1.47 bits per heavy atom. The number of nitrogens with one attached hydrogen (secondary N) is 1. The predicted molar refractivity (Wildman–Crippen MR) is 85.7 cm³/mol. The molecule has 98 valence electrons. The minimum Gasteiger partial charge on any atom is -0.320 e. The van der Waals surface area contributed by atoms with Crippen LogP contribution in [0.3, 0.4) is 0 Å². The highest BCUT2D eigenvalue weighted by Gasteiger charge is 2.15. The fourth-order valence-electron chi connectivity index (χ4n) is 1.19. The van der Waals surface area contributed by atoms with E-state index in [0.717, 1.165) is 12.4 Å². The number of rotatable bonds is 2. The molecule has 0 saturated carbocycles. The van der Waals surface area contributed by atoms with Gasteiger partial charge in [-0.05, 0) is 37.9 Å². The second-order valence-electron chi connectivity index (χ2n) is 3.23. The average molecular weight is 421 g/mol. The highest BCUT2D eigenvalue weighted by atomic mass is 79.9. The van der Waals surface area contributed by atoms with Crippen molar-refractivity contribution >= 4 is 65.6 Å². The zero-order chi connectivity index (χ0) is 13.8. The minimum absolute atomic E-state index is 0.207. The molecule has 0 atom stereocenters. The van der Waals surface area contributed by atoms with Gasteiger partial charge in [-0.1, -0.05) is 23.2 Å². The van der Waals surface area contributed by atoms with Crippen molar-refractivity contribution in [3.63, 3.8) is 0 Å². The van der Waals surface area contributed by atoms with Crippen molar-refractivity contribution in [3.05, 3.63) is 30.3 Å². The maximum Gasteiger partial charge on any atom is 0.259 e. The number of nitrogens with two attached hydrogens (primary N) is 1. The second kappa shape index (κ2) is 6.63. The summed E-state index contributed by atoms with van der Waals surface area (Å²) in [6, 6.07) is 1.76. The van der Waals surface area contributed by atoms with Crippen LogP contribution in [0, 0.1) is 11.8 Å². The Balaban J connectivity index is 2.11. The SMILES string of the molecule is NCC#Cc1cnc(NC(=O)c2cc(Br)sc2Br)s1. The van der Waals surface area contributed by atoms with Crippen LogP contribution in [0.1, 0.15) is 15.2 Å². The Morgan fingerprint density at radius 2 is 2.26 bits per heavy atom. The van der Waals surface area contributed by atoms with Crippen LogP contribution in [0.25, 0.3) is 0 Å². The molecule has 0 aliphatic heterocycles. The summed E-state index contributed by atoms with van der Waals surface area (Å²) in [6.45, 7) is 0.301. The highest BCUT2D eigenvalue weighted by molar-refractivity contribution is 9.12. The third-order valence-electron chi connectivity index (χ3n) is 1.94. The first-order valence-electron chi connectivity index (χ1n) is 5.01. The fraction of sp³-hybridized carbons (Fsp3) is 0.0909. The van der Waals surface area contributed by atoms with Crippen LogP contribution in [0.15, 0.2) is 19.8 Å². The van der Waals surface area contributed by atoms with Crippen LogP contribution >= 0.6 is 54.5 Å². The summed E-state index contributed by atoms with van der Waals surface area (Å²) in [7, 11) is 0. The summed E-state index contributed by atoms with van der Waals surface area (Å²) in [5.41, 5.74) is 5.86. The van der Waals surface area contributed by atoms with Crippen molar-refractivity contribution in [1.82, 2.24) is 4.98 Å². The molecule has 2 heterocycles. The van der Waals surface area contributed by atoms with Gasteiger partial charge in [-0.15, -0.1) is 11.3 Å². The van der Waals surface area contributed by atoms with Gasteiger partial charge < -0.3 is 5.73 Å². The van der Waals surface area contributed by atoms with E-state index in [1.165, 1.54) is 22.7 Å². The number of carbonyl (C=O) groups excluding carboxylic acids is 1. The van der Waals surface area contributed by atoms with E-state index >= 15 is 0 Å². The molecule has 2 rings (SSSR count). The largest absolute Gasteiger partial charge is 0.320 e. The van der Waals surface area contributed by atoms with Crippen LogP contribution < -0.4 is 11.1 Å². The van der Waals surface area contributed by atoms with E-state index in [2.05, 4.69) is 54.0 Å². The number of aromatic nitrogens is 1. The van der Waals surface area contributed by atoms with E-state index in [4.69, 9.17) is 5.73 Å². The van der Waals surface area contributed by atoms with E-state index in [-0.39, 0.29) is 5.91 Å². The van der Waals surface area contributed by atoms with Gasteiger partial charge >= 0.3 is 0 Å². The number of halogens is 2. The molecule has 8 heteroatoms. The van der Waals surface area contributed by atoms with Crippen LogP contribution in [-0.2, 0) is 0 Å². The molecule has 0 unspecified atom stereocenters. The third-order valence-corrected chi connectivity index (χ3v) is 5.11. The first-order chi connectivity index (χ1) is 9.10. The van der Waals surface area contributed by atoms with Crippen molar-refractivity contribution in [1.29, 1.82) is 0 Å². The van der Waals surface area contributed by atoms with Crippen molar-refractivity contribution in [3.8, 4) is 11.8 Å². The highest BCUT2D eigenvalue weighted by Crippen LogP contribution is 2.32. The van der Waals surface area contributed by atoms with E-state index in [1.807, 2.05) is 0 Å².